The minimum atomic E-state index is -1.07. The summed E-state index contributed by atoms with van der Waals surface area (Å²) in [5.41, 5.74) is 3.18. The standard InChI is InChI=1S/C19H19N3O4S/c1-11-4-5-14(6-12(11)2)18(25)21-8-17(24)26-9-16(23)15(7-20)19-22-13(3)10-27-19/h4-6,10,15H,8-9H2,1-3H3,(H,21,25)/t15-/m1/s1. The predicted molar refractivity (Wildman–Crippen MR) is 99.4 cm³/mol. The van der Waals surface area contributed by atoms with Crippen molar-refractivity contribution in [2.24, 2.45) is 0 Å². The first-order valence-electron chi connectivity index (χ1n) is 8.17. The first-order valence-corrected chi connectivity index (χ1v) is 9.05. The summed E-state index contributed by atoms with van der Waals surface area (Å²) in [6.07, 6.45) is 0. The molecule has 0 saturated heterocycles. The number of hydrogen-bond acceptors (Lipinski definition) is 7. The van der Waals surface area contributed by atoms with Crippen LogP contribution in [0.5, 0.6) is 0 Å². The molecule has 2 rings (SSSR count). The quantitative estimate of drug-likeness (QED) is 0.732. The molecular weight excluding hydrogens is 366 g/mol. The summed E-state index contributed by atoms with van der Waals surface area (Å²) < 4.78 is 4.87. The first-order chi connectivity index (χ1) is 12.8. The molecule has 1 heterocycles. The molecule has 1 amide bonds. The molecule has 0 aliphatic heterocycles. The van der Waals surface area contributed by atoms with Gasteiger partial charge in [0.25, 0.3) is 5.91 Å². The number of benzene rings is 1. The molecule has 0 spiro atoms. The smallest absolute Gasteiger partial charge is 0.325 e. The predicted octanol–water partition coefficient (Wildman–Crippen LogP) is 2.22. The lowest BCUT2D eigenvalue weighted by Gasteiger charge is -2.09. The van der Waals surface area contributed by atoms with Crippen LogP contribution < -0.4 is 5.32 Å². The Hall–Kier alpha value is -3.05. The van der Waals surface area contributed by atoms with Crippen molar-refractivity contribution in [2.75, 3.05) is 13.2 Å². The molecule has 0 aliphatic carbocycles. The third-order valence-corrected chi connectivity index (χ3v) is 4.90. The van der Waals surface area contributed by atoms with Crippen LogP contribution in [-0.4, -0.2) is 35.8 Å². The first kappa shape index (κ1) is 20.3. The minimum absolute atomic E-state index is 0.368. The molecule has 2 aromatic rings. The summed E-state index contributed by atoms with van der Waals surface area (Å²) in [4.78, 5) is 40.0. The Kier molecular flexibility index (Phi) is 6.79. The molecule has 7 nitrogen and oxygen atoms in total. The number of carbonyl (C=O) groups excluding carboxylic acids is 3. The number of nitriles is 1. The summed E-state index contributed by atoms with van der Waals surface area (Å²) >= 11 is 1.21. The molecule has 1 aromatic heterocycles. The number of esters is 1. The van der Waals surface area contributed by atoms with Gasteiger partial charge in [-0.05, 0) is 44.0 Å². The summed E-state index contributed by atoms with van der Waals surface area (Å²) in [7, 11) is 0. The maximum absolute atomic E-state index is 12.1. The average Bonchev–Trinajstić information content (AvgIpc) is 3.06. The lowest BCUT2D eigenvalue weighted by molar-refractivity contribution is -0.146. The monoisotopic (exact) mass is 385 g/mol. The number of hydrogen-bond donors (Lipinski definition) is 1. The van der Waals surface area contributed by atoms with Gasteiger partial charge in [-0.25, -0.2) is 4.98 Å². The number of nitrogens with zero attached hydrogens (tertiary/aromatic N) is 2. The Morgan fingerprint density at radius 3 is 2.59 bits per heavy atom. The molecule has 8 heteroatoms. The normalized spacial score (nSPS) is 11.3. The zero-order valence-corrected chi connectivity index (χ0v) is 16.1. The van der Waals surface area contributed by atoms with E-state index in [0.717, 1.165) is 11.1 Å². The number of Topliss-reactive ketones (excluding diaryl/α,β-unsaturated/α-hetero) is 1. The fraction of sp³-hybridized carbons (Fsp3) is 0.316. The Balaban J connectivity index is 1.83. The molecule has 0 saturated carbocycles. The Bertz CT molecular complexity index is 914. The second kappa shape index (κ2) is 9.05. The molecule has 0 unspecified atom stereocenters. The van der Waals surface area contributed by atoms with Crippen LogP contribution in [0.1, 0.15) is 38.1 Å². The van der Waals surface area contributed by atoms with Crippen molar-refractivity contribution in [1.82, 2.24) is 10.3 Å². The second-order valence-electron chi connectivity index (χ2n) is 6.00. The summed E-state index contributed by atoms with van der Waals surface area (Å²) in [5, 5.41) is 13.7. The van der Waals surface area contributed by atoms with Crippen molar-refractivity contribution < 1.29 is 19.1 Å². The van der Waals surface area contributed by atoms with Crippen LogP contribution in [0, 0.1) is 32.1 Å². The number of carbonyl (C=O) groups is 3. The van der Waals surface area contributed by atoms with Crippen LogP contribution in [0.2, 0.25) is 0 Å². The number of amides is 1. The molecule has 0 radical (unpaired) electrons. The highest BCUT2D eigenvalue weighted by atomic mass is 32.1. The molecule has 0 aliphatic rings. The van der Waals surface area contributed by atoms with Gasteiger partial charge in [-0.1, -0.05) is 6.07 Å². The zero-order chi connectivity index (χ0) is 20.0. The van der Waals surface area contributed by atoms with Crippen molar-refractivity contribution in [3.05, 3.63) is 51.0 Å². The Morgan fingerprint density at radius 2 is 2.00 bits per heavy atom. The zero-order valence-electron chi connectivity index (χ0n) is 15.2. The summed E-state index contributed by atoms with van der Waals surface area (Å²) in [6.45, 7) is 4.67. The van der Waals surface area contributed by atoms with E-state index in [-0.39, 0.29) is 6.54 Å². The summed E-state index contributed by atoms with van der Waals surface area (Å²) in [6, 6.07) is 7.09. The van der Waals surface area contributed by atoms with Crippen LogP contribution in [-0.2, 0) is 14.3 Å². The number of thiazole rings is 1. The van der Waals surface area contributed by atoms with Crippen LogP contribution >= 0.6 is 11.3 Å². The molecular formula is C19H19N3O4S. The summed E-state index contributed by atoms with van der Waals surface area (Å²) in [5.74, 6) is -2.79. The van der Waals surface area contributed by atoms with Gasteiger partial charge in [-0.2, -0.15) is 5.26 Å². The number of aryl methyl sites for hydroxylation is 3. The van der Waals surface area contributed by atoms with Crippen molar-refractivity contribution in [3.63, 3.8) is 0 Å². The largest absolute Gasteiger partial charge is 0.456 e. The van der Waals surface area contributed by atoms with Crippen LogP contribution in [0.25, 0.3) is 0 Å². The number of ether oxygens (including phenoxy) is 1. The maximum Gasteiger partial charge on any atom is 0.325 e. The molecule has 27 heavy (non-hydrogen) atoms. The topological polar surface area (TPSA) is 109 Å². The lowest BCUT2D eigenvalue weighted by atomic mass is 10.1. The SMILES string of the molecule is Cc1csc([C@H](C#N)C(=O)COC(=O)CNC(=O)c2ccc(C)c(C)c2)n1. The molecule has 1 aromatic carbocycles. The lowest BCUT2D eigenvalue weighted by Crippen LogP contribution is -2.32. The number of ketones is 1. The van der Waals surface area contributed by atoms with Gasteiger partial charge in [0.05, 0.1) is 6.07 Å². The van der Waals surface area contributed by atoms with E-state index in [1.165, 1.54) is 11.3 Å². The van der Waals surface area contributed by atoms with E-state index in [4.69, 9.17) is 10.00 Å². The van der Waals surface area contributed by atoms with E-state index < -0.39 is 30.2 Å². The van der Waals surface area contributed by atoms with Gasteiger partial charge in [0.2, 0.25) is 0 Å². The number of nitrogens with one attached hydrogen (secondary N) is 1. The van der Waals surface area contributed by atoms with Crippen LogP contribution in [0.3, 0.4) is 0 Å². The van der Waals surface area contributed by atoms with Gasteiger partial charge in [0.1, 0.15) is 11.6 Å². The van der Waals surface area contributed by atoms with Crippen LogP contribution in [0.4, 0.5) is 0 Å². The van der Waals surface area contributed by atoms with Crippen LogP contribution in [0.15, 0.2) is 23.6 Å². The molecule has 0 fully saturated rings. The van der Waals surface area contributed by atoms with E-state index in [9.17, 15) is 14.4 Å². The fourth-order valence-electron chi connectivity index (χ4n) is 2.19. The Morgan fingerprint density at radius 1 is 1.26 bits per heavy atom. The minimum Gasteiger partial charge on any atom is -0.456 e. The second-order valence-corrected chi connectivity index (χ2v) is 6.89. The Labute approximate surface area is 161 Å². The molecule has 1 atom stereocenters. The van der Waals surface area contributed by atoms with Gasteiger partial charge in [0, 0.05) is 16.6 Å². The van der Waals surface area contributed by atoms with Gasteiger partial charge >= 0.3 is 5.97 Å². The van der Waals surface area contributed by atoms with Crippen molar-refractivity contribution in [1.29, 1.82) is 5.26 Å². The number of aromatic nitrogens is 1. The van der Waals surface area contributed by atoms with Crippen molar-refractivity contribution in [3.8, 4) is 6.07 Å². The average molecular weight is 385 g/mol. The molecule has 140 valence electrons. The van der Waals surface area contributed by atoms with Gasteiger partial charge in [-0.15, -0.1) is 11.3 Å². The van der Waals surface area contributed by atoms with E-state index >= 15 is 0 Å². The maximum atomic E-state index is 12.1. The van der Waals surface area contributed by atoms with Gasteiger partial charge in [-0.3, -0.25) is 14.4 Å². The van der Waals surface area contributed by atoms with Crippen molar-refractivity contribution in [2.45, 2.75) is 26.7 Å². The molecule has 0 bridgehead atoms. The third-order valence-electron chi connectivity index (χ3n) is 3.87. The molecule has 1 N–H and O–H groups in total. The van der Waals surface area contributed by atoms with E-state index in [0.29, 0.717) is 16.3 Å². The van der Waals surface area contributed by atoms with Gasteiger partial charge in [0.15, 0.2) is 18.3 Å². The highest BCUT2D eigenvalue weighted by Crippen LogP contribution is 2.20. The van der Waals surface area contributed by atoms with Gasteiger partial charge < -0.3 is 10.1 Å². The number of rotatable bonds is 7. The van der Waals surface area contributed by atoms with E-state index in [1.807, 2.05) is 26.0 Å². The highest BCUT2D eigenvalue weighted by Gasteiger charge is 2.24. The van der Waals surface area contributed by atoms with Crippen molar-refractivity contribution >= 4 is 29.0 Å². The van der Waals surface area contributed by atoms with E-state index in [1.54, 1.807) is 24.4 Å². The third kappa shape index (κ3) is 5.46. The fourth-order valence-corrected chi connectivity index (χ4v) is 3.05. The highest BCUT2D eigenvalue weighted by molar-refractivity contribution is 7.09. The van der Waals surface area contributed by atoms with E-state index in [2.05, 4.69) is 10.3 Å².